The number of rotatable bonds is 2. The fraction of sp³-hybridized carbons (Fsp3) is 0.400. The molecule has 1 atom stereocenters. The molecule has 16 heavy (non-hydrogen) atoms. The molecule has 0 saturated carbocycles. The fourth-order valence-corrected chi connectivity index (χ4v) is 1.72. The summed E-state index contributed by atoms with van der Waals surface area (Å²) in [5.41, 5.74) is 0. The van der Waals surface area contributed by atoms with Crippen LogP contribution in [0.25, 0.3) is 0 Å². The number of piperazine rings is 1. The van der Waals surface area contributed by atoms with E-state index in [0.29, 0.717) is 13.1 Å². The molecule has 1 aromatic heterocycles. The number of carbonyl (C=O) groups is 1. The summed E-state index contributed by atoms with van der Waals surface area (Å²) in [6, 6.07) is 5.00. The topological polar surface area (TPSA) is 65.5 Å². The van der Waals surface area contributed by atoms with Crippen LogP contribution in [-0.2, 0) is 4.79 Å². The zero-order valence-corrected chi connectivity index (χ0v) is 9.48. The zero-order chi connectivity index (χ0) is 10.7. The Hall–Kier alpha value is -1.33. The molecular formula is C10H14ClN3O2. The molecule has 1 fully saturated rings. The average molecular weight is 244 g/mol. The van der Waals surface area contributed by atoms with Gasteiger partial charge in [-0.1, -0.05) is 6.07 Å². The van der Waals surface area contributed by atoms with Gasteiger partial charge in [-0.05, 0) is 12.1 Å². The van der Waals surface area contributed by atoms with Crippen LogP contribution in [0.1, 0.15) is 0 Å². The van der Waals surface area contributed by atoms with Crippen molar-refractivity contribution in [1.29, 1.82) is 0 Å². The summed E-state index contributed by atoms with van der Waals surface area (Å²) < 4.78 is 0. The number of aliphatic carboxylic acids is 1. The minimum atomic E-state index is -0.812. The molecule has 2 rings (SSSR count). The number of carboxylic acid groups (broad SMARTS) is 1. The minimum absolute atomic E-state index is 0. The largest absolute Gasteiger partial charge is 0.480 e. The van der Waals surface area contributed by atoms with E-state index in [1.54, 1.807) is 6.20 Å². The lowest BCUT2D eigenvalue weighted by molar-refractivity contribution is -0.138. The molecule has 1 aliphatic heterocycles. The monoisotopic (exact) mass is 243 g/mol. The molecular weight excluding hydrogens is 230 g/mol. The second-order valence-corrected chi connectivity index (χ2v) is 3.44. The van der Waals surface area contributed by atoms with Crippen molar-refractivity contribution in [2.45, 2.75) is 6.04 Å². The SMILES string of the molecule is Cl.O=C(O)C1CNCCN1c1ccccn1. The van der Waals surface area contributed by atoms with E-state index >= 15 is 0 Å². The molecule has 1 unspecified atom stereocenters. The summed E-state index contributed by atoms with van der Waals surface area (Å²) in [7, 11) is 0. The Morgan fingerprint density at radius 1 is 1.56 bits per heavy atom. The van der Waals surface area contributed by atoms with E-state index in [9.17, 15) is 4.79 Å². The van der Waals surface area contributed by atoms with Crippen LogP contribution >= 0.6 is 12.4 Å². The van der Waals surface area contributed by atoms with E-state index in [1.807, 2.05) is 23.1 Å². The van der Waals surface area contributed by atoms with Gasteiger partial charge in [0.2, 0.25) is 0 Å². The average Bonchev–Trinajstić information content (AvgIpc) is 2.30. The van der Waals surface area contributed by atoms with Crippen molar-refractivity contribution in [1.82, 2.24) is 10.3 Å². The lowest BCUT2D eigenvalue weighted by atomic mass is 10.2. The summed E-state index contributed by atoms with van der Waals surface area (Å²) in [5, 5.41) is 12.1. The highest BCUT2D eigenvalue weighted by Gasteiger charge is 2.28. The Labute approximate surface area is 99.9 Å². The van der Waals surface area contributed by atoms with Gasteiger partial charge in [-0.2, -0.15) is 0 Å². The van der Waals surface area contributed by atoms with Crippen molar-refractivity contribution >= 4 is 24.2 Å². The summed E-state index contributed by atoms with van der Waals surface area (Å²) in [6.07, 6.45) is 1.68. The maximum atomic E-state index is 11.0. The van der Waals surface area contributed by atoms with Crippen molar-refractivity contribution < 1.29 is 9.90 Å². The number of nitrogens with zero attached hydrogens (tertiary/aromatic N) is 2. The first-order chi connectivity index (χ1) is 7.29. The molecule has 0 aromatic carbocycles. The third-order valence-electron chi connectivity index (χ3n) is 2.47. The Morgan fingerprint density at radius 2 is 2.38 bits per heavy atom. The van der Waals surface area contributed by atoms with Crippen molar-refractivity contribution in [3.8, 4) is 0 Å². The highest BCUT2D eigenvalue weighted by atomic mass is 35.5. The van der Waals surface area contributed by atoms with E-state index in [-0.39, 0.29) is 12.4 Å². The van der Waals surface area contributed by atoms with Crippen molar-refractivity contribution in [2.75, 3.05) is 24.5 Å². The number of hydrogen-bond donors (Lipinski definition) is 2. The predicted octanol–water partition coefficient (Wildman–Crippen LogP) is 0.366. The van der Waals surface area contributed by atoms with Crippen LogP contribution in [0.5, 0.6) is 0 Å². The van der Waals surface area contributed by atoms with Crippen LogP contribution in [0, 0.1) is 0 Å². The molecule has 5 nitrogen and oxygen atoms in total. The second-order valence-electron chi connectivity index (χ2n) is 3.44. The van der Waals surface area contributed by atoms with Gasteiger partial charge in [-0.25, -0.2) is 9.78 Å². The third-order valence-corrected chi connectivity index (χ3v) is 2.47. The van der Waals surface area contributed by atoms with Gasteiger partial charge in [0.15, 0.2) is 0 Å². The first-order valence-electron chi connectivity index (χ1n) is 4.90. The summed E-state index contributed by atoms with van der Waals surface area (Å²) in [6.45, 7) is 1.93. The summed E-state index contributed by atoms with van der Waals surface area (Å²) >= 11 is 0. The number of carboxylic acids is 1. The van der Waals surface area contributed by atoms with Gasteiger partial charge in [0.1, 0.15) is 11.9 Å². The Bertz CT molecular complexity index is 347. The van der Waals surface area contributed by atoms with Gasteiger partial charge < -0.3 is 15.3 Å². The van der Waals surface area contributed by atoms with Crippen LogP contribution in [0.15, 0.2) is 24.4 Å². The Balaban J connectivity index is 0.00000128. The molecule has 0 bridgehead atoms. The van der Waals surface area contributed by atoms with Gasteiger partial charge in [-0.15, -0.1) is 12.4 Å². The molecule has 1 saturated heterocycles. The quantitative estimate of drug-likeness (QED) is 0.786. The van der Waals surface area contributed by atoms with Gasteiger partial charge in [0, 0.05) is 25.8 Å². The Morgan fingerprint density at radius 3 is 3.00 bits per heavy atom. The van der Waals surface area contributed by atoms with Crippen LogP contribution in [0.2, 0.25) is 0 Å². The molecule has 0 aliphatic carbocycles. The van der Waals surface area contributed by atoms with E-state index in [0.717, 1.165) is 12.4 Å². The molecule has 0 radical (unpaired) electrons. The molecule has 0 amide bonds. The number of halogens is 1. The molecule has 88 valence electrons. The van der Waals surface area contributed by atoms with Gasteiger partial charge in [0.25, 0.3) is 0 Å². The maximum Gasteiger partial charge on any atom is 0.327 e. The van der Waals surface area contributed by atoms with E-state index in [1.165, 1.54) is 0 Å². The van der Waals surface area contributed by atoms with Crippen molar-refractivity contribution in [3.63, 3.8) is 0 Å². The van der Waals surface area contributed by atoms with Crippen LogP contribution in [0.3, 0.4) is 0 Å². The highest BCUT2D eigenvalue weighted by molar-refractivity contribution is 5.85. The van der Waals surface area contributed by atoms with Gasteiger partial charge in [0.05, 0.1) is 0 Å². The second kappa shape index (κ2) is 5.67. The highest BCUT2D eigenvalue weighted by Crippen LogP contribution is 2.14. The van der Waals surface area contributed by atoms with Crippen LogP contribution < -0.4 is 10.2 Å². The molecule has 1 aliphatic rings. The minimum Gasteiger partial charge on any atom is -0.480 e. The number of pyridine rings is 1. The standard InChI is InChI=1S/C10H13N3O2.ClH/c14-10(15)8-7-11-5-6-13(8)9-3-1-2-4-12-9;/h1-4,8,11H,5-7H2,(H,14,15);1H. The predicted molar refractivity (Wildman–Crippen MR) is 63.1 cm³/mol. The lowest BCUT2D eigenvalue weighted by Gasteiger charge is -2.34. The van der Waals surface area contributed by atoms with Crippen molar-refractivity contribution in [2.24, 2.45) is 0 Å². The van der Waals surface area contributed by atoms with Crippen LogP contribution in [-0.4, -0.2) is 41.7 Å². The van der Waals surface area contributed by atoms with Crippen LogP contribution in [0.4, 0.5) is 5.82 Å². The number of aromatic nitrogens is 1. The smallest absolute Gasteiger partial charge is 0.327 e. The van der Waals surface area contributed by atoms with E-state index in [4.69, 9.17) is 5.11 Å². The molecule has 1 aromatic rings. The number of nitrogens with one attached hydrogen (secondary N) is 1. The Kier molecular flexibility index (Phi) is 4.52. The number of hydrogen-bond acceptors (Lipinski definition) is 4. The lowest BCUT2D eigenvalue weighted by Crippen LogP contribution is -2.55. The van der Waals surface area contributed by atoms with Gasteiger partial charge in [-0.3, -0.25) is 0 Å². The summed E-state index contributed by atoms with van der Waals surface area (Å²) in [4.78, 5) is 17.0. The molecule has 2 N–H and O–H groups in total. The fourth-order valence-electron chi connectivity index (χ4n) is 1.72. The first kappa shape index (κ1) is 12.7. The molecule has 6 heteroatoms. The maximum absolute atomic E-state index is 11.0. The molecule has 0 spiro atoms. The number of anilines is 1. The molecule has 2 heterocycles. The van der Waals surface area contributed by atoms with Crippen molar-refractivity contribution in [3.05, 3.63) is 24.4 Å². The van der Waals surface area contributed by atoms with Gasteiger partial charge >= 0.3 is 5.97 Å². The zero-order valence-electron chi connectivity index (χ0n) is 8.67. The first-order valence-corrected chi connectivity index (χ1v) is 4.90. The van der Waals surface area contributed by atoms with E-state index in [2.05, 4.69) is 10.3 Å². The third kappa shape index (κ3) is 2.62. The summed E-state index contributed by atoms with van der Waals surface area (Å²) in [5.74, 6) is -0.0840. The normalized spacial score (nSPS) is 20.0. The van der Waals surface area contributed by atoms with E-state index < -0.39 is 12.0 Å².